The van der Waals surface area contributed by atoms with Gasteiger partial charge in [0.05, 0.1) is 5.75 Å². The maximum atomic E-state index is 12.4. The highest BCUT2D eigenvalue weighted by Crippen LogP contribution is 2.31. The van der Waals surface area contributed by atoms with E-state index in [0.29, 0.717) is 19.6 Å². The molecule has 0 saturated carbocycles. The second-order valence-electron chi connectivity index (χ2n) is 4.36. The van der Waals surface area contributed by atoms with Crippen molar-refractivity contribution in [3.63, 3.8) is 0 Å². The van der Waals surface area contributed by atoms with Crippen molar-refractivity contribution < 1.29 is 17.9 Å². The second kappa shape index (κ2) is 5.82. The van der Waals surface area contributed by atoms with Gasteiger partial charge in [-0.05, 0) is 19.3 Å². The zero-order valence-electron chi connectivity index (χ0n) is 10.5. The van der Waals surface area contributed by atoms with Crippen molar-refractivity contribution in [1.29, 1.82) is 0 Å². The molecular formula is C11H21NO4S. The zero-order chi connectivity index (χ0) is 12.9. The van der Waals surface area contributed by atoms with Gasteiger partial charge < -0.3 is 10.1 Å². The van der Waals surface area contributed by atoms with Gasteiger partial charge in [-0.1, -0.05) is 13.3 Å². The molecule has 0 atom stereocenters. The molecular weight excluding hydrogens is 242 g/mol. The van der Waals surface area contributed by atoms with Gasteiger partial charge in [0.25, 0.3) is 0 Å². The van der Waals surface area contributed by atoms with Crippen LogP contribution in [0.1, 0.15) is 32.6 Å². The van der Waals surface area contributed by atoms with Crippen LogP contribution in [0.15, 0.2) is 0 Å². The normalized spacial score (nSPS) is 19.9. The monoisotopic (exact) mass is 263 g/mol. The van der Waals surface area contributed by atoms with Crippen LogP contribution in [0, 0.1) is 0 Å². The quantitative estimate of drug-likeness (QED) is 0.784. The summed E-state index contributed by atoms with van der Waals surface area (Å²) >= 11 is 0. The number of nitrogens with one attached hydrogen (secondary N) is 1. The van der Waals surface area contributed by atoms with E-state index in [1.54, 1.807) is 0 Å². The molecule has 0 bridgehead atoms. The minimum Gasteiger partial charge on any atom is -0.381 e. The molecule has 5 nitrogen and oxygen atoms in total. The summed E-state index contributed by atoms with van der Waals surface area (Å²) in [7, 11) is -1.93. The fourth-order valence-electron chi connectivity index (χ4n) is 2.14. The number of ether oxygens (including phenoxy) is 1. The summed E-state index contributed by atoms with van der Waals surface area (Å²) in [5.74, 6) is -0.311. The third kappa shape index (κ3) is 2.80. The van der Waals surface area contributed by atoms with E-state index in [9.17, 15) is 13.2 Å². The molecule has 0 aliphatic carbocycles. The van der Waals surface area contributed by atoms with E-state index in [4.69, 9.17) is 4.74 Å². The van der Waals surface area contributed by atoms with Crippen LogP contribution < -0.4 is 5.32 Å². The molecule has 1 saturated heterocycles. The van der Waals surface area contributed by atoms with E-state index >= 15 is 0 Å². The van der Waals surface area contributed by atoms with Crippen LogP contribution in [0.3, 0.4) is 0 Å². The van der Waals surface area contributed by atoms with E-state index in [0.717, 1.165) is 6.42 Å². The molecule has 0 spiro atoms. The molecule has 1 aliphatic rings. The molecule has 6 heteroatoms. The van der Waals surface area contributed by atoms with Crippen LogP contribution >= 0.6 is 0 Å². The van der Waals surface area contributed by atoms with Crippen molar-refractivity contribution in [2.45, 2.75) is 37.4 Å². The Morgan fingerprint density at radius 1 is 1.35 bits per heavy atom. The van der Waals surface area contributed by atoms with Crippen molar-refractivity contribution in [3.05, 3.63) is 0 Å². The Morgan fingerprint density at radius 3 is 2.41 bits per heavy atom. The number of carbonyl (C=O) groups is 1. The average molecular weight is 263 g/mol. The minimum absolute atomic E-state index is 0.0803. The Kier molecular flexibility index (Phi) is 4.94. The number of hydrogen-bond donors (Lipinski definition) is 1. The van der Waals surface area contributed by atoms with Gasteiger partial charge in [0, 0.05) is 20.3 Å². The SMILES string of the molecule is CCCCS(=O)(=O)C1(C(=O)NC)CCOCC1. The molecule has 0 unspecified atom stereocenters. The van der Waals surface area contributed by atoms with Crippen LogP contribution in [0.5, 0.6) is 0 Å². The Bertz CT molecular complexity index is 358. The fraction of sp³-hybridized carbons (Fsp3) is 0.909. The van der Waals surface area contributed by atoms with Gasteiger partial charge in [-0.15, -0.1) is 0 Å². The lowest BCUT2D eigenvalue weighted by molar-refractivity contribution is -0.125. The first-order valence-electron chi connectivity index (χ1n) is 6.02. The maximum Gasteiger partial charge on any atom is 0.241 e. The Balaban J connectivity index is 3.01. The zero-order valence-corrected chi connectivity index (χ0v) is 11.3. The summed E-state index contributed by atoms with van der Waals surface area (Å²) in [6.07, 6.45) is 1.93. The standard InChI is InChI=1S/C11H21NO4S/c1-3-4-9-17(14,15)11(10(13)12-2)5-7-16-8-6-11/h3-9H2,1-2H3,(H,12,13). The van der Waals surface area contributed by atoms with Crippen molar-refractivity contribution in [2.24, 2.45) is 0 Å². The number of amides is 1. The topological polar surface area (TPSA) is 72.5 Å². The summed E-state index contributed by atoms with van der Waals surface area (Å²) in [5, 5.41) is 2.48. The average Bonchev–Trinajstić information content (AvgIpc) is 2.36. The predicted octanol–water partition coefficient (Wildman–Crippen LogP) is 0.496. The van der Waals surface area contributed by atoms with Gasteiger partial charge in [-0.25, -0.2) is 8.42 Å². The fourth-order valence-corrected chi connectivity index (χ4v) is 4.37. The summed E-state index contributed by atoms with van der Waals surface area (Å²) in [5.41, 5.74) is 0. The molecule has 1 heterocycles. The van der Waals surface area contributed by atoms with Crippen molar-refractivity contribution in [3.8, 4) is 0 Å². The molecule has 0 aromatic rings. The molecule has 1 fully saturated rings. The van der Waals surface area contributed by atoms with Crippen LogP contribution in [0.4, 0.5) is 0 Å². The lowest BCUT2D eigenvalue weighted by atomic mass is 9.98. The van der Waals surface area contributed by atoms with E-state index in [-0.39, 0.29) is 18.6 Å². The highest BCUT2D eigenvalue weighted by atomic mass is 32.2. The number of carbonyl (C=O) groups excluding carboxylic acids is 1. The summed E-state index contributed by atoms with van der Waals surface area (Å²) < 4.78 is 28.6. The third-order valence-corrected chi connectivity index (χ3v) is 5.91. The van der Waals surface area contributed by atoms with E-state index < -0.39 is 20.5 Å². The highest BCUT2D eigenvalue weighted by Gasteiger charge is 2.50. The Morgan fingerprint density at radius 2 is 1.94 bits per heavy atom. The predicted molar refractivity (Wildman–Crippen MR) is 65.5 cm³/mol. The first-order chi connectivity index (χ1) is 8.00. The molecule has 1 rings (SSSR count). The molecule has 1 aliphatic heterocycles. The third-order valence-electron chi connectivity index (χ3n) is 3.30. The van der Waals surface area contributed by atoms with Crippen LogP contribution in [-0.4, -0.2) is 45.1 Å². The summed E-state index contributed by atoms with van der Waals surface area (Å²) in [6.45, 7) is 2.60. The maximum absolute atomic E-state index is 12.4. The van der Waals surface area contributed by atoms with E-state index in [1.807, 2.05) is 6.92 Å². The molecule has 1 amide bonds. The second-order valence-corrected chi connectivity index (χ2v) is 6.78. The number of sulfone groups is 1. The van der Waals surface area contributed by atoms with Gasteiger partial charge in [0.1, 0.15) is 0 Å². The van der Waals surface area contributed by atoms with Gasteiger partial charge in [0.2, 0.25) is 5.91 Å². The lowest BCUT2D eigenvalue weighted by Crippen LogP contribution is -2.55. The molecule has 1 N–H and O–H groups in total. The van der Waals surface area contributed by atoms with Gasteiger partial charge in [-0.2, -0.15) is 0 Å². The largest absolute Gasteiger partial charge is 0.381 e. The lowest BCUT2D eigenvalue weighted by Gasteiger charge is -2.34. The van der Waals surface area contributed by atoms with Crippen molar-refractivity contribution in [2.75, 3.05) is 26.0 Å². The molecule has 0 aromatic carbocycles. The highest BCUT2D eigenvalue weighted by molar-refractivity contribution is 7.93. The van der Waals surface area contributed by atoms with Crippen LogP contribution in [-0.2, 0) is 19.4 Å². The smallest absolute Gasteiger partial charge is 0.241 e. The summed E-state index contributed by atoms with van der Waals surface area (Å²) in [4.78, 5) is 12.0. The minimum atomic E-state index is -3.41. The first kappa shape index (κ1) is 14.4. The Hall–Kier alpha value is -0.620. The first-order valence-corrected chi connectivity index (χ1v) is 7.67. The Labute approximate surface area is 103 Å². The number of hydrogen-bond acceptors (Lipinski definition) is 4. The van der Waals surface area contributed by atoms with E-state index in [1.165, 1.54) is 7.05 Å². The van der Waals surface area contributed by atoms with Crippen molar-refractivity contribution >= 4 is 15.7 Å². The molecule has 0 radical (unpaired) electrons. The summed E-state index contributed by atoms with van der Waals surface area (Å²) in [6, 6.07) is 0. The van der Waals surface area contributed by atoms with Gasteiger partial charge >= 0.3 is 0 Å². The van der Waals surface area contributed by atoms with Crippen LogP contribution in [0.25, 0.3) is 0 Å². The molecule has 100 valence electrons. The molecule has 17 heavy (non-hydrogen) atoms. The van der Waals surface area contributed by atoms with Gasteiger partial charge in [-0.3, -0.25) is 4.79 Å². The van der Waals surface area contributed by atoms with E-state index in [2.05, 4.69) is 5.32 Å². The van der Waals surface area contributed by atoms with Gasteiger partial charge in [0.15, 0.2) is 14.6 Å². The van der Waals surface area contributed by atoms with Crippen LogP contribution in [0.2, 0.25) is 0 Å². The van der Waals surface area contributed by atoms with Crippen molar-refractivity contribution in [1.82, 2.24) is 5.32 Å². The number of unbranched alkanes of at least 4 members (excludes halogenated alkanes) is 1. The molecule has 0 aromatic heterocycles. The number of rotatable bonds is 5.